The number of hydrogen-bond acceptors (Lipinski definition) is 3. The first-order valence-corrected chi connectivity index (χ1v) is 11.8. The number of ether oxygens (including phenoxy) is 1. The average molecular weight is 394 g/mol. The zero-order chi connectivity index (χ0) is 21.1. The van der Waals surface area contributed by atoms with E-state index in [1.807, 2.05) is 27.7 Å². The van der Waals surface area contributed by atoms with Gasteiger partial charge in [-0.25, -0.2) is 0 Å². The van der Waals surface area contributed by atoms with E-state index in [0.717, 1.165) is 31.6 Å². The second kappa shape index (κ2) is 9.17. The quantitative estimate of drug-likeness (QED) is 0.611. The van der Waals surface area contributed by atoms with E-state index >= 15 is 0 Å². The predicted octanol–water partition coefficient (Wildman–Crippen LogP) is 5.35. The lowest BCUT2D eigenvalue weighted by molar-refractivity contribution is -0.155. The van der Waals surface area contributed by atoms with E-state index < -0.39 is 0 Å². The molecule has 0 aromatic heterocycles. The molecule has 0 bridgehead atoms. The lowest BCUT2D eigenvalue weighted by Gasteiger charge is -2.60. The van der Waals surface area contributed by atoms with Gasteiger partial charge in [0.15, 0.2) is 0 Å². The van der Waals surface area contributed by atoms with Gasteiger partial charge in [0.05, 0.1) is 13.0 Å². The molecule has 0 spiro atoms. The van der Waals surface area contributed by atoms with Gasteiger partial charge in [0.25, 0.3) is 0 Å². The van der Waals surface area contributed by atoms with Gasteiger partial charge in [0.1, 0.15) is 0 Å². The molecule has 0 aromatic carbocycles. The highest BCUT2D eigenvalue weighted by molar-refractivity contribution is 5.77. The van der Waals surface area contributed by atoms with Crippen LogP contribution >= 0.6 is 0 Å². The fourth-order valence-corrected chi connectivity index (χ4v) is 7.23. The van der Waals surface area contributed by atoms with Crippen molar-refractivity contribution in [2.45, 2.75) is 99.0 Å². The van der Waals surface area contributed by atoms with Crippen LogP contribution in [-0.2, 0) is 14.3 Å². The summed E-state index contributed by atoms with van der Waals surface area (Å²) in [6, 6.07) is 0.363. The maximum absolute atomic E-state index is 12.3. The number of fused-ring (bicyclic) bond motifs is 5. The van der Waals surface area contributed by atoms with Gasteiger partial charge in [0.2, 0.25) is 5.91 Å². The highest BCUT2D eigenvalue weighted by Gasteiger charge is 2.61. The summed E-state index contributed by atoms with van der Waals surface area (Å²) in [4.78, 5) is 24.1. The molecule has 1 amide bonds. The maximum Gasteiger partial charge on any atom is 0.309 e. The average Bonchev–Trinajstić information content (AvgIpc) is 3.08. The molecular formula is C24H43NO3. The number of amides is 1. The second-order valence-corrected chi connectivity index (χ2v) is 9.28. The minimum absolute atomic E-state index is 0.00303. The number of carbonyl (C=O) groups excluding carboxylic acids is 2. The molecule has 4 aliphatic rings. The minimum Gasteiger partial charge on any atom is -0.469 e. The second-order valence-electron chi connectivity index (χ2n) is 9.28. The lowest BCUT2D eigenvalue weighted by Crippen LogP contribution is -2.61. The van der Waals surface area contributed by atoms with Crippen molar-refractivity contribution in [2.75, 3.05) is 7.11 Å². The molecule has 1 heterocycles. The molecule has 3 saturated carbocycles. The Morgan fingerprint density at radius 3 is 2.21 bits per heavy atom. The lowest BCUT2D eigenvalue weighted by atomic mass is 9.47. The van der Waals surface area contributed by atoms with E-state index in [2.05, 4.69) is 19.2 Å². The van der Waals surface area contributed by atoms with E-state index in [9.17, 15) is 9.59 Å². The van der Waals surface area contributed by atoms with Gasteiger partial charge in [0, 0.05) is 12.5 Å². The molecule has 1 saturated heterocycles. The van der Waals surface area contributed by atoms with Crippen LogP contribution < -0.4 is 5.32 Å². The number of piperidine rings is 1. The Balaban J connectivity index is 0.000000660. The molecule has 5 unspecified atom stereocenters. The van der Waals surface area contributed by atoms with Gasteiger partial charge in [-0.15, -0.1) is 0 Å². The summed E-state index contributed by atoms with van der Waals surface area (Å²) in [5, 5.41) is 3.28. The highest BCUT2D eigenvalue weighted by atomic mass is 16.5. The number of hydrogen-bond donors (Lipinski definition) is 1. The van der Waals surface area contributed by atoms with Gasteiger partial charge in [-0.2, -0.15) is 0 Å². The van der Waals surface area contributed by atoms with Crippen molar-refractivity contribution in [1.82, 2.24) is 5.32 Å². The van der Waals surface area contributed by atoms with Gasteiger partial charge in [-0.1, -0.05) is 41.5 Å². The summed E-state index contributed by atoms with van der Waals surface area (Å²) in [5.41, 5.74) is 0.372. The Hall–Kier alpha value is -1.06. The number of rotatable bonds is 1. The standard InChI is InChI=1S/C20H31NO3.2C2H6/c1-19-10-8-14-12(13(19)5-6-15(19)18(23)24-3)4-7-16-20(14,2)11-9-17(22)21-16;2*1-2/h12-16H,4-11H2,1-3H3,(H,21,22);2*1-2H3/t12?,13?,14?,15?,16?,19-,20+;;/m0../s1. The van der Waals surface area contributed by atoms with Crippen LogP contribution in [0.2, 0.25) is 0 Å². The van der Waals surface area contributed by atoms with E-state index in [1.165, 1.54) is 26.4 Å². The molecule has 0 radical (unpaired) electrons. The van der Waals surface area contributed by atoms with E-state index in [4.69, 9.17) is 4.74 Å². The normalized spacial score (nSPS) is 43.5. The first-order chi connectivity index (χ1) is 13.4. The number of nitrogens with one attached hydrogen (secondary N) is 1. The Labute approximate surface area is 172 Å². The Morgan fingerprint density at radius 2 is 1.57 bits per heavy atom. The molecule has 3 aliphatic carbocycles. The minimum atomic E-state index is 0.00303. The molecule has 1 N–H and O–H groups in total. The Morgan fingerprint density at radius 1 is 0.929 bits per heavy atom. The first-order valence-electron chi connectivity index (χ1n) is 11.8. The number of esters is 1. The summed E-state index contributed by atoms with van der Waals surface area (Å²) in [5.74, 6) is 2.40. The third-order valence-electron chi connectivity index (χ3n) is 8.58. The predicted molar refractivity (Wildman–Crippen MR) is 114 cm³/mol. The van der Waals surface area contributed by atoms with Crippen molar-refractivity contribution in [3.63, 3.8) is 0 Å². The van der Waals surface area contributed by atoms with E-state index in [0.29, 0.717) is 24.3 Å². The van der Waals surface area contributed by atoms with Crippen molar-refractivity contribution in [1.29, 1.82) is 0 Å². The Kier molecular flexibility index (Phi) is 7.61. The largest absolute Gasteiger partial charge is 0.469 e. The third-order valence-corrected chi connectivity index (χ3v) is 8.58. The molecule has 1 aliphatic heterocycles. The number of carbonyl (C=O) groups is 2. The van der Waals surface area contributed by atoms with Crippen LogP contribution in [0.5, 0.6) is 0 Å². The summed E-state index contributed by atoms with van der Waals surface area (Å²) < 4.78 is 5.12. The van der Waals surface area contributed by atoms with Crippen LogP contribution in [0.4, 0.5) is 0 Å². The fraction of sp³-hybridized carbons (Fsp3) is 0.917. The first kappa shape index (κ1) is 23.2. The van der Waals surface area contributed by atoms with Crippen molar-refractivity contribution in [3.8, 4) is 0 Å². The van der Waals surface area contributed by atoms with Crippen LogP contribution in [0.3, 0.4) is 0 Å². The summed E-state index contributed by atoms with van der Waals surface area (Å²) >= 11 is 0. The molecule has 4 fully saturated rings. The van der Waals surface area contributed by atoms with Crippen LogP contribution in [0, 0.1) is 34.5 Å². The maximum atomic E-state index is 12.3. The van der Waals surface area contributed by atoms with Crippen molar-refractivity contribution >= 4 is 11.9 Å². The summed E-state index contributed by atoms with van der Waals surface area (Å²) in [6.07, 6.45) is 8.54. The topological polar surface area (TPSA) is 55.4 Å². The summed E-state index contributed by atoms with van der Waals surface area (Å²) in [6.45, 7) is 12.8. The van der Waals surface area contributed by atoms with E-state index in [1.54, 1.807) is 0 Å². The zero-order valence-electron chi connectivity index (χ0n) is 19.3. The smallest absolute Gasteiger partial charge is 0.309 e. The van der Waals surface area contributed by atoms with Gasteiger partial charge in [-0.05, 0) is 73.5 Å². The van der Waals surface area contributed by atoms with Crippen LogP contribution in [0.25, 0.3) is 0 Å². The molecule has 4 rings (SSSR count). The van der Waals surface area contributed by atoms with Crippen LogP contribution in [0.1, 0.15) is 92.9 Å². The molecule has 162 valence electrons. The SMILES string of the molecule is CC.CC.COC(=O)C1CCC2C3CCC4NC(=O)CC[C@]4(C)C3CC[C@]12C. The zero-order valence-corrected chi connectivity index (χ0v) is 19.3. The molecule has 4 heteroatoms. The number of methoxy groups -OCH3 is 1. The third kappa shape index (κ3) is 3.61. The molecular weight excluding hydrogens is 350 g/mol. The van der Waals surface area contributed by atoms with Gasteiger partial charge >= 0.3 is 5.97 Å². The molecule has 0 aromatic rings. The van der Waals surface area contributed by atoms with Crippen molar-refractivity contribution < 1.29 is 14.3 Å². The van der Waals surface area contributed by atoms with Crippen LogP contribution in [-0.4, -0.2) is 25.0 Å². The molecule has 4 nitrogen and oxygen atoms in total. The monoisotopic (exact) mass is 393 g/mol. The van der Waals surface area contributed by atoms with Crippen molar-refractivity contribution in [2.24, 2.45) is 34.5 Å². The highest BCUT2D eigenvalue weighted by Crippen LogP contribution is 2.65. The van der Waals surface area contributed by atoms with E-state index in [-0.39, 0.29) is 28.6 Å². The van der Waals surface area contributed by atoms with Crippen molar-refractivity contribution in [3.05, 3.63) is 0 Å². The van der Waals surface area contributed by atoms with Gasteiger partial charge in [-0.3, -0.25) is 9.59 Å². The van der Waals surface area contributed by atoms with Gasteiger partial charge < -0.3 is 10.1 Å². The summed E-state index contributed by atoms with van der Waals surface area (Å²) in [7, 11) is 1.53. The molecule has 28 heavy (non-hydrogen) atoms. The fourth-order valence-electron chi connectivity index (χ4n) is 7.23. The molecule has 7 atom stereocenters. The Bertz CT molecular complexity index is 562. The van der Waals surface area contributed by atoms with Crippen LogP contribution in [0.15, 0.2) is 0 Å².